The van der Waals surface area contributed by atoms with Crippen molar-refractivity contribution in [1.82, 2.24) is 15.2 Å². The summed E-state index contributed by atoms with van der Waals surface area (Å²) >= 11 is 0. The van der Waals surface area contributed by atoms with Gasteiger partial charge in [0, 0.05) is 47.6 Å². The van der Waals surface area contributed by atoms with Crippen LogP contribution in [0.15, 0.2) is 56.8 Å². The molecule has 1 amide bonds. The molecule has 1 atom stereocenters. The van der Waals surface area contributed by atoms with Crippen LogP contribution in [0.1, 0.15) is 64.9 Å². The molecular weight excluding hydrogens is 504 g/mol. The van der Waals surface area contributed by atoms with Crippen LogP contribution in [0.2, 0.25) is 0 Å². The van der Waals surface area contributed by atoms with Gasteiger partial charge in [0.15, 0.2) is 21.2 Å². The molecule has 0 fully saturated rings. The fourth-order valence-electron chi connectivity index (χ4n) is 3.78. The number of fused-ring (bicyclic) bond motifs is 1. The van der Waals surface area contributed by atoms with Crippen LogP contribution in [0.25, 0.3) is 11.0 Å². The SMILES string of the molecule is CCOCCN(C)C(C)(C=C(C)S(=O)(=O)CC=N/C(=C/NC(=O)c1cc2ccncc2o1)CC(C)C)CC. The summed E-state index contributed by atoms with van der Waals surface area (Å²) in [5.41, 5.74) is 0.665. The van der Waals surface area contributed by atoms with Gasteiger partial charge in [-0.15, -0.1) is 0 Å². The van der Waals surface area contributed by atoms with Crippen molar-refractivity contribution >= 4 is 32.9 Å². The van der Waals surface area contributed by atoms with Crippen LogP contribution in [-0.4, -0.2) is 68.5 Å². The maximum atomic E-state index is 13.0. The number of nitrogens with one attached hydrogen (secondary N) is 1. The van der Waals surface area contributed by atoms with E-state index < -0.39 is 21.3 Å². The molecule has 1 unspecified atom stereocenters. The average molecular weight is 547 g/mol. The molecule has 2 heterocycles. The van der Waals surface area contributed by atoms with Gasteiger partial charge in [-0.3, -0.25) is 19.7 Å². The van der Waals surface area contributed by atoms with Gasteiger partial charge in [-0.2, -0.15) is 0 Å². The Labute approximate surface area is 227 Å². The van der Waals surface area contributed by atoms with E-state index in [1.165, 1.54) is 12.4 Å². The minimum absolute atomic E-state index is 0.158. The van der Waals surface area contributed by atoms with Crippen molar-refractivity contribution in [3.8, 4) is 0 Å². The number of ether oxygens (including phenoxy) is 1. The molecule has 38 heavy (non-hydrogen) atoms. The van der Waals surface area contributed by atoms with E-state index in [9.17, 15) is 13.2 Å². The monoisotopic (exact) mass is 546 g/mol. The molecule has 2 aromatic heterocycles. The molecule has 0 aliphatic carbocycles. The zero-order chi connectivity index (χ0) is 28.3. The zero-order valence-corrected chi connectivity index (χ0v) is 24.5. The van der Waals surface area contributed by atoms with Gasteiger partial charge >= 0.3 is 0 Å². The normalized spacial score (nSPS) is 15.1. The Kier molecular flexibility index (Phi) is 11.9. The second-order valence-corrected chi connectivity index (χ2v) is 12.1. The highest BCUT2D eigenvalue weighted by Crippen LogP contribution is 2.23. The van der Waals surface area contributed by atoms with Gasteiger partial charge in [-0.1, -0.05) is 26.8 Å². The zero-order valence-electron chi connectivity index (χ0n) is 23.7. The molecule has 0 bridgehead atoms. The fourth-order valence-corrected chi connectivity index (χ4v) is 4.75. The molecule has 10 heteroatoms. The first-order chi connectivity index (χ1) is 17.9. The number of carbonyl (C=O) groups excluding carboxylic acids is 1. The third-order valence-electron chi connectivity index (χ3n) is 6.45. The van der Waals surface area contributed by atoms with Crippen molar-refractivity contribution < 1.29 is 22.4 Å². The number of carbonyl (C=O) groups is 1. The Morgan fingerprint density at radius 1 is 1.34 bits per heavy atom. The second kappa shape index (κ2) is 14.4. The molecule has 0 radical (unpaired) electrons. The number of aromatic nitrogens is 1. The van der Waals surface area contributed by atoms with E-state index >= 15 is 0 Å². The summed E-state index contributed by atoms with van der Waals surface area (Å²) in [6, 6.07) is 3.41. The molecule has 9 nitrogen and oxygen atoms in total. The summed E-state index contributed by atoms with van der Waals surface area (Å²) in [6.07, 6.45) is 9.20. The summed E-state index contributed by atoms with van der Waals surface area (Å²) < 4.78 is 37.1. The number of amides is 1. The highest BCUT2D eigenvalue weighted by atomic mass is 32.2. The summed E-state index contributed by atoms with van der Waals surface area (Å²) in [5.74, 6) is -0.247. The molecule has 0 saturated carbocycles. The maximum Gasteiger partial charge on any atom is 0.291 e. The van der Waals surface area contributed by atoms with Crippen LogP contribution in [0.3, 0.4) is 0 Å². The first-order valence-electron chi connectivity index (χ1n) is 13.0. The van der Waals surface area contributed by atoms with Gasteiger partial charge < -0.3 is 14.5 Å². The quantitative estimate of drug-likeness (QED) is 0.248. The lowest BCUT2D eigenvalue weighted by Crippen LogP contribution is -2.43. The molecule has 0 aliphatic heterocycles. The summed E-state index contributed by atoms with van der Waals surface area (Å²) in [7, 11) is -1.58. The standard InChI is InChI=1S/C28H42N4O5S/c1-8-28(6,32(7)13-14-36-9-2)18-22(5)38(34,35)15-12-30-24(16-21(3)4)19-31-27(33)25-17-23-10-11-29-20-26(23)37-25/h10-12,17-21H,8-9,13-16H2,1-7H3,(H,31,33)/b22-18?,24-19+,30-12?. The van der Waals surface area contributed by atoms with Gasteiger partial charge in [0.25, 0.3) is 5.91 Å². The largest absolute Gasteiger partial charge is 0.449 e. The fraction of sp³-hybridized carbons (Fsp3) is 0.536. The van der Waals surface area contributed by atoms with E-state index in [0.717, 1.165) is 11.8 Å². The molecule has 2 rings (SSSR count). The number of nitrogens with zero attached hydrogens (tertiary/aromatic N) is 3. The second-order valence-electron chi connectivity index (χ2n) is 9.91. The highest BCUT2D eigenvalue weighted by molar-refractivity contribution is 7.95. The topological polar surface area (TPSA) is 114 Å². The number of pyridine rings is 1. The molecule has 0 aliphatic rings. The maximum absolute atomic E-state index is 13.0. The number of allylic oxidation sites excluding steroid dienone is 2. The average Bonchev–Trinajstić information content (AvgIpc) is 3.31. The predicted octanol–water partition coefficient (Wildman–Crippen LogP) is 4.97. The molecular formula is C28H42N4O5S. The lowest BCUT2D eigenvalue weighted by molar-refractivity contribution is 0.0896. The minimum atomic E-state index is -3.56. The van der Waals surface area contributed by atoms with E-state index in [0.29, 0.717) is 42.4 Å². The number of sulfone groups is 1. The van der Waals surface area contributed by atoms with Crippen LogP contribution in [0.4, 0.5) is 0 Å². The van der Waals surface area contributed by atoms with Crippen LogP contribution < -0.4 is 5.32 Å². The first kappa shape index (κ1) is 31.4. The summed E-state index contributed by atoms with van der Waals surface area (Å²) in [6.45, 7) is 13.6. The Morgan fingerprint density at radius 3 is 2.71 bits per heavy atom. The minimum Gasteiger partial charge on any atom is -0.449 e. The van der Waals surface area contributed by atoms with Crippen LogP contribution in [-0.2, 0) is 14.6 Å². The summed E-state index contributed by atoms with van der Waals surface area (Å²) in [4.78, 5) is 23.4. The van der Waals surface area contributed by atoms with E-state index in [1.807, 2.05) is 47.7 Å². The van der Waals surface area contributed by atoms with Gasteiger partial charge in [0.05, 0.1) is 24.3 Å². The van der Waals surface area contributed by atoms with Crippen molar-refractivity contribution in [2.24, 2.45) is 10.9 Å². The third-order valence-corrected chi connectivity index (χ3v) is 8.14. The number of furan rings is 1. The van der Waals surface area contributed by atoms with E-state index in [1.54, 1.807) is 31.5 Å². The first-order valence-corrected chi connectivity index (χ1v) is 14.6. The van der Waals surface area contributed by atoms with Gasteiger partial charge in [0.2, 0.25) is 0 Å². The molecule has 210 valence electrons. The number of hydrogen-bond donors (Lipinski definition) is 1. The number of rotatable bonds is 15. The van der Waals surface area contributed by atoms with Crippen molar-refractivity contribution in [3.05, 3.63) is 53.2 Å². The predicted molar refractivity (Wildman–Crippen MR) is 153 cm³/mol. The number of hydrogen-bond acceptors (Lipinski definition) is 8. The van der Waals surface area contributed by atoms with E-state index in [-0.39, 0.29) is 17.4 Å². The van der Waals surface area contributed by atoms with Crippen molar-refractivity contribution in [1.29, 1.82) is 0 Å². The molecule has 2 aromatic rings. The van der Waals surface area contributed by atoms with E-state index in [2.05, 4.69) is 20.2 Å². The molecule has 0 saturated heterocycles. The Balaban J connectivity index is 2.12. The van der Waals surface area contributed by atoms with Crippen LogP contribution >= 0.6 is 0 Å². The lowest BCUT2D eigenvalue weighted by Gasteiger charge is -2.36. The van der Waals surface area contributed by atoms with Crippen molar-refractivity contribution in [3.63, 3.8) is 0 Å². The Morgan fingerprint density at radius 2 is 2.08 bits per heavy atom. The van der Waals surface area contributed by atoms with Crippen molar-refractivity contribution in [2.45, 2.75) is 59.9 Å². The number of likely N-dealkylation sites (N-methyl/N-ethyl adjacent to an activating group) is 1. The summed E-state index contributed by atoms with van der Waals surface area (Å²) in [5, 5.41) is 3.48. The molecule has 1 N–H and O–H groups in total. The Bertz CT molecular complexity index is 1230. The molecule has 0 aromatic carbocycles. The van der Waals surface area contributed by atoms with Gasteiger partial charge in [0.1, 0.15) is 0 Å². The molecule has 0 spiro atoms. The third kappa shape index (κ3) is 9.18. The van der Waals surface area contributed by atoms with Gasteiger partial charge in [-0.25, -0.2) is 8.42 Å². The van der Waals surface area contributed by atoms with Crippen molar-refractivity contribution in [2.75, 3.05) is 32.6 Å². The number of aliphatic imine (C=N–C) groups is 1. The van der Waals surface area contributed by atoms with Crippen LogP contribution in [0, 0.1) is 5.92 Å². The highest BCUT2D eigenvalue weighted by Gasteiger charge is 2.27. The van der Waals surface area contributed by atoms with Gasteiger partial charge in [-0.05, 0) is 58.7 Å². The smallest absolute Gasteiger partial charge is 0.291 e. The van der Waals surface area contributed by atoms with Crippen LogP contribution in [0.5, 0.6) is 0 Å². The lowest BCUT2D eigenvalue weighted by atomic mass is 9.96. The van der Waals surface area contributed by atoms with E-state index in [4.69, 9.17) is 9.15 Å². The Hall–Kier alpha value is -2.82.